The van der Waals surface area contributed by atoms with Gasteiger partial charge in [-0.1, -0.05) is 18.2 Å². The normalized spacial score (nSPS) is 12.7. The van der Waals surface area contributed by atoms with Gasteiger partial charge in [-0.2, -0.15) is 0 Å². The van der Waals surface area contributed by atoms with E-state index in [4.69, 9.17) is 16.7 Å². The van der Waals surface area contributed by atoms with Crippen molar-refractivity contribution in [2.45, 2.75) is 26.1 Å². The molecular weight excluding hydrogens is 243 g/mol. The van der Waals surface area contributed by atoms with Gasteiger partial charge in [-0.15, -0.1) is 11.6 Å². The van der Waals surface area contributed by atoms with Crippen LogP contribution in [0.5, 0.6) is 0 Å². The summed E-state index contributed by atoms with van der Waals surface area (Å²) in [4.78, 5) is 11.0. The smallest absolute Gasteiger partial charge is 1.00 e. The number of carbonyl (C=O) groups is 1. The molecule has 3 nitrogen and oxygen atoms in total. The molecule has 1 unspecified atom stereocenters. The molecule has 0 rings (SSSR count). The third kappa shape index (κ3) is 12.8. The Labute approximate surface area is 139 Å². The molecule has 0 bridgehead atoms. The maximum Gasteiger partial charge on any atom is 1.00 e. The van der Waals surface area contributed by atoms with Crippen molar-refractivity contribution in [1.29, 1.82) is 0 Å². The van der Waals surface area contributed by atoms with E-state index >= 15 is 0 Å². The van der Waals surface area contributed by atoms with Crippen molar-refractivity contribution in [2.24, 2.45) is 0 Å². The van der Waals surface area contributed by atoms with Gasteiger partial charge >= 0.3 is 57.4 Å². The average Bonchev–Trinajstić information content (AvgIpc) is 2.15. The molecule has 0 heterocycles. The predicted octanol–water partition coefficient (Wildman–Crippen LogP) is -0.884. The first-order chi connectivity index (χ1) is 6.70. The van der Waals surface area contributed by atoms with E-state index in [1.165, 1.54) is 6.08 Å². The number of hydrogen-bond donors (Lipinski definition) is 1. The summed E-state index contributed by atoms with van der Waals surface area (Å²) in [5, 5.41) is 9.15. The maximum atomic E-state index is 11.0. The van der Waals surface area contributed by atoms with E-state index in [0.29, 0.717) is 18.7 Å². The third-order valence-electron chi connectivity index (χ3n) is 1.37. The van der Waals surface area contributed by atoms with Crippen LogP contribution in [0.1, 0.15) is 21.2 Å². The SMILES string of the molecule is C/C=C/C=C/C(=O)OC(O)CCCCl.[H-].[K+]. The molecule has 0 aromatic heterocycles. The Morgan fingerprint density at radius 1 is 1.60 bits per heavy atom. The van der Waals surface area contributed by atoms with Crippen LogP contribution < -0.4 is 51.4 Å². The molecule has 82 valence electrons. The van der Waals surface area contributed by atoms with Crippen LogP contribution in [0.3, 0.4) is 0 Å². The summed E-state index contributed by atoms with van der Waals surface area (Å²) in [6.07, 6.45) is 6.22. The standard InChI is InChI=1S/C10H15ClO3.K.H/c1-2-3-4-6-9(12)14-10(13)7-5-8-11;;/h2-4,6,10,13H,5,7-8H2,1H3;;/q;+1;-1/b3-2+,6-4+;;. The van der Waals surface area contributed by atoms with E-state index in [-0.39, 0.29) is 52.8 Å². The van der Waals surface area contributed by atoms with E-state index in [9.17, 15) is 4.79 Å². The molecule has 1 N–H and O–H groups in total. The molecule has 0 saturated carbocycles. The van der Waals surface area contributed by atoms with Crippen LogP contribution in [0.25, 0.3) is 0 Å². The van der Waals surface area contributed by atoms with Crippen molar-refractivity contribution in [2.75, 3.05) is 5.88 Å². The van der Waals surface area contributed by atoms with Crippen LogP contribution in [-0.2, 0) is 9.53 Å². The minimum absolute atomic E-state index is 0. The van der Waals surface area contributed by atoms with Crippen molar-refractivity contribution in [1.82, 2.24) is 0 Å². The van der Waals surface area contributed by atoms with Gasteiger partial charge in [0, 0.05) is 18.4 Å². The largest absolute Gasteiger partial charge is 1.00 e. The molecule has 15 heavy (non-hydrogen) atoms. The zero-order chi connectivity index (χ0) is 10.8. The minimum atomic E-state index is -1.06. The van der Waals surface area contributed by atoms with Crippen LogP contribution in [0.15, 0.2) is 24.3 Å². The number of esters is 1. The van der Waals surface area contributed by atoms with Crippen LogP contribution in [0.4, 0.5) is 0 Å². The molecule has 0 aromatic rings. The van der Waals surface area contributed by atoms with Crippen LogP contribution in [0, 0.1) is 0 Å². The quantitative estimate of drug-likeness (QED) is 0.168. The Bertz CT molecular complexity index is 222. The van der Waals surface area contributed by atoms with Crippen molar-refractivity contribution in [3.63, 3.8) is 0 Å². The summed E-state index contributed by atoms with van der Waals surface area (Å²) >= 11 is 5.41. The van der Waals surface area contributed by atoms with Gasteiger partial charge in [0.05, 0.1) is 0 Å². The first kappa shape index (κ1) is 18.2. The van der Waals surface area contributed by atoms with Gasteiger partial charge in [0.25, 0.3) is 0 Å². The fourth-order valence-electron chi connectivity index (χ4n) is 0.729. The van der Waals surface area contributed by atoms with Gasteiger partial charge in [0.2, 0.25) is 6.29 Å². The monoisotopic (exact) mass is 258 g/mol. The van der Waals surface area contributed by atoms with Crippen molar-refractivity contribution < 1.29 is 67.4 Å². The molecule has 0 amide bonds. The first-order valence-electron chi connectivity index (χ1n) is 4.44. The summed E-state index contributed by atoms with van der Waals surface area (Å²) < 4.78 is 4.64. The third-order valence-corrected chi connectivity index (χ3v) is 1.64. The number of rotatable bonds is 6. The van der Waals surface area contributed by atoms with E-state index in [1.807, 2.05) is 6.92 Å². The van der Waals surface area contributed by atoms with Gasteiger partial charge in [0.1, 0.15) is 0 Å². The Balaban J connectivity index is -0.000000845. The van der Waals surface area contributed by atoms with Gasteiger partial charge in [-0.05, 0) is 13.3 Å². The minimum Gasteiger partial charge on any atom is -1.00 e. The van der Waals surface area contributed by atoms with Gasteiger partial charge in [-0.25, -0.2) is 4.79 Å². The first-order valence-corrected chi connectivity index (χ1v) is 4.98. The summed E-state index contributed by atoms with van der Waals surface area (Å²) in [7, 11) is 0. The Morgan fingerprint density at radius 2 is 2.27 bits per heavy atom. The molecule has 1 atom stereocenters. The van der Waals surface area contributed by atoms with Gasteiger partial charge < -0.3 is 11.3 Å². The number of alkyl halides is 1. The zero-order valence-electron chi connectivity index (χ0n) is 10.1. The fourth-order valence-corrected chi connectivity index (χ4v) is 0.884. The molecule has 0 aliphatic carbocycles. The van der Waals surface area contributed by atoms with Crippen LogP contribution in [0.2, 0.25) is 0 Å². The molecule has 0 fully saturated rings. The molecule has 0 saturated heterocycles. The summed E-state index contributed by atoms with van der Waals surface area (Å²) in [6.45, 7) is 1.84. The Morgan fingerprint density at radius 3 is 2.80 bits per heavy atom. The summed E-state index contributed by atoms with van der Waals surface area (Å²) in [5.74, 6) is -0.103. The second kappa shape index (κ2) is 12.9. The molecular formula is C10H16ClKO3. The number of carbonyl (C=O) groups excluding carboxylic acids is 1. The number of aliphatic hydroxyl groups is 1. The Hall–Kier alpha value is 0.836. The van der Waals surface area contributed by atoms with Gasteiger partial charge in [0.15, 0.2) is 0 Å². The van der Waals surface area contributed by atoms with Crippen molar-refractivity contribution in [3.8, 4) is 0 Å². The topological polar surface area (TPSA) is 46.5 Å². The van der Waals surface area contributed by atoms with Crippen LogP contribution >= 0.6 is 11.6 Å². The average molecular weight is 259 g/mol. The van der Waals surface area contributed by atoms with Crippen molar-refractivity contribution in [3.05, 3.63) is 24.3 Å². The second-order valence-corrected chi connectivity index (χ2v) is 2.99. The zero-order valence-corrected chi connectivity index (χ0v) is 13.0. The molecule has 0 aliphatic heterocycles. The number of allylic oxidation sites excluding steroid dienone is 3. The van der Waals surface area contributed by atoms with E-state index < -0.39 is 12.3 Å². The van der Waals surface area contributed by atoms with E-state index in [1.54, 1.807) is 18.2 Å². The van der Waals surface area contributed by atoms with E-state index in [2.05, 4.69) is 4.74 Å². The Kier molecular flexibility index (Phi) is 15.7. The molecule has 0 spiro atoms. The number of hydrogen-bond acceptors (Lipinski definition) is 3. The molecule has 5 heteroatoms. The maximum absolute atomic E-state index is 11.0. The fraction of sp³-hybridized carbons (Fsp3) is 0.500. The molecule has 0 radical (unpaired) electrons. The van der Waals surface area contributed by atoms with Crippen molar-refractivity contribution >= 4 is 17.6 Å². The predicted molar refractivity (Wildman–Crippen MR) is 57.1 cm³/mol. The number of halogens is 1. The van der Waals surface area contributed by atoms with E-state index in [0.717, 1.165) is 0 Å². The van der Waals surface area contributed by atoms with Crippen LogP contribution in [-0.4, -0.2) is 23.2 Å². The molecule has 0 aromatic carbocycles. The number of ether oxygens (including phenoxy) is 1. The summed E-state index contributed by atoms with van der Waals surface area (Å²) in [6, 6.07) is 0. The molecule has 0 aliphatic rings. The second-order valence-electron chi connectivity index (χ2n) is 2.61. The van der Waals surface area contributed by atoms with Gasteiger partial charge in [-0.3, -0.25) is 0 Å². The summed E-state index contributed by atoms with van der Waals surface area (Å²) in [5.41, 5.74) is 0. The number of aliphatic hydroxyl groups excluding tert-OH is 1.